The van der Waals surface area contributed by atoms with Gasteiger partial charge in [-0.25, -0.2) is 0 Å². The third kappa shape index (κ3) is 3.88. The van der Waals surface area contributed by atoms with Gasteiger partial charge in [0, 0.05) is 15.9 Å². The number of rotatable bonds is 5. The summed E-state index contributed by atoms with van der Waals surface area (Å²) >= 11 is 7.62. The molecule has 0 aliphatic carbocycles. The molecular formula is C17H19ClN2OS. The molecule has 3 nitrogen and oxygen atoms in total. The van der Waals surface area contributed by atoms with Crippen LogP contribution in [0.4, 0.5) is 0 Å². The van der Waals surface area contributed by atoms with E-state index in [4.69, 9.17) is 11.6 Å². The van der Waals surface area contributed by atoms with Crippen molar-refractivity contribution in [3.63, 3.8) is 0 Å². The highest BCUT2D eigenvalue weighted by molar-refractivity contribution is 7.09. The summed E-state index contributed by atoms with van der Waals surface area (Å²) in [4.78, 5) is 15.6. The smallest absolute Gasteiger partial charge is 0.234 e. The summed E-state index contributed by atoms with van der Waals surface area (Å²) in [6.45, 7) is 2.05. The van der Waals surface area contributed by atoms with Gasteiger partial charge in [0.2, 0.25) is 5.91 Å². The number of thiophene rings is 1. The molecule has 0 bridgehead atoms. The topological polar surface area (TPSA) is 32.3 Å². The largest absolute Gasteiger partial charge is 0.350 e. The fourth-order valence-corrected chi connectivity index (χ4v) is 3.69. The predicted molar refractivity (Wildman–Crippen MR) is 91.2 cm³/mol. The average molecular weight is 335 g/mol. The second-order valence-electron chi connectivity index (χ2n) is 5.54. The van der Waals surface area contributed by atoms with Crippen molar-refractivity contribution in [1.82, 2.24) is 10.2 Å². The molecule has 1 saturated heterocycles. The van der Waals surface area contributed by atoms with Gasteiger partial charge in [0.1, 0.15) is 0 Å². The van der Waals surface area contributed by atoms with Gasteiger partial charge in [0.15, 0.2) is 0 Å². The van der Waals surface area contributed by atoms with Gasteiger partial charge < -0.3 is 5.32 Å². The van der Waals surface area contributed by atoms with E-state index in [2.05, 4.69) is 22.3 Å². The first-order chi connectivity index (χ1) is 10.7. The van der Waals surface area contributed by atoms with Crippen molar-refractivity contribution >= 4 is 28.8 Å². The summed E-state index contributed by atoms with van der Waals surface area (Å²) in [5.74, 6) is 0.0919. The number of amides is 1. The fraction of sp³-hybridized carbons (Fsp3) is 0.353. The van der Waals surface area contributed by atoms with Crippen LogP contribution in [0, 0.1) is 0 Å². The molecule has 116 valence electrons. The molecule has 0 spiro atoms. The second-order valence-corrected chi connectivity index (χ2v) is 7.00. The summed E-state index contributed by atoms with van der Waals surface area (Å²) in [6, 6.07) is 12.3. The quantitative estimate of drug-likeness (QED) is 0.900. The van der Waals surface area contributed by atoms with Crippen molar-refractivity contribution in [2.75, 3.05) is 13.1 Å². The van der Waals surface area contributed by atoms with Crippen LogP contribution in [-0.2, 0) is 11.3 Å². The zero-order valence-corrected chi connectivity index (χ0v) is 13.9. The first-order valence-corrected chi connectivity index (χ1v) is 8.77. The van der Waals surface area contributed by atoms with Crippen LogP contribution in [0.2, 0.25) is 5.02 Å². The zero-order valence-electron chi connectivity index (χ0n) is 12.3. The highest BCUT2D eigenvalue weighted by Gasteiger charge is 2.27. The van der Waals surface area contributed by atoms with Crippen molar-refractivity contribution in [3.8, 4) is 0 Å². The molecule has 1 aromatic carbocycles. The number of carbonyl (C=O) groups excluding carboxylic acids is 1. The Kier molecular flexibility index (Phi) is 5.13. The Morgan fingerprint density at radius 1 is 1.32 bits per heavy atom. The molecule has 1 aliphatic heterocycles. The number of hydrogen-bond donors (Lipinski definition) is 1. The first-order valence-electron chi connectivity index (χ1n) is 7.51. The number of likely N-dealkylation sites (tertiary alicyclic amines) is 1. The van der Waals surface area contributed by atoms with E-state index in [0.29, 0.717) is 19.1 Å². The molecule has 1 N–H and O–H groups in total. The molecule has 1 unspecified atom stereocenters. The number of nitrogens with one attached hydrogen (secondary N) is 1. The molecule has 2 heterocycles. The van der Waals surface area contributed by atoms with Gasteiger partial charge in [-0.1, -0.05) is 29.8 Å². The van der Waals surface area contributed by atoms with Gasteiger partial charge >= 0.3 is 0 Å². The van der Waals surface area contributed by atoms with Crippen LogP contribution < -0.4 is 5.32 Å². The maximum Gasteiger partial charge on any atom is 0.234 e. The molecule has 0 saturated carbocycles. The minimum atomic E-state index is 0.0919. The van der Waals surface area contributed by atoms with E-state index in [-0.39, 0.29) is 5.91 Å². The second kappa shape index (κ2) is 7.27. The van der Waals surface area contributed by atoms with Crippen LogP contribution in [-0.4, -0.2) is 23.9 Å². The van der Waals surface area contributed by atoms with Crippen LogP contribution in [0.5, 0.6) is 0 Å². The van der Waals surface area contributed by atoms with E-state index in [0.717, 1.165) is 24.4 Å². The Bertz CT molecular complexity index is 612. The van der Waals surface area contributed by atoms with Gasteiger partial charge in [-0.05, 0) is 48.5 Å². The third-order valence-electron chi connectivity index (χ3n) is 4.01. The maximum absolute atomic E-state index is 12.2. The molecule has 22 heavy (non-hydrogen) atoms. The van der Waals surface area contributed by atoms with E-state index in [1.54, 1.807) is 11.3 Å². The van der Waals surface area contributed by atoms with Gasteiger partial charge in [-0.15, -0.1) is 11.3 Å². The van der Waals surface area contributed by atoms with Crippen molar-refractivity contribution < 1.29 is 4.79 Å². The lowest BCUT2D eigenvalue weighted by atomic mass is 10.0. The first kappa shape index (κ1) is 15.5. The number of benzene rings is 1. The number of hydrogen-bond acceptors (Lipinski definition) is 3. The average Bonchev–Trinajstić information content (AvgIpc) is 3.17. The lowest BCUT2D eigenvalue weighted by molar-refractivity contribution is -0.122. The van der Waals surface area contributed by atoms with Gasteiger partial charge in [0.05, 0.1) is 13.1 Å². The Morgan fingerprint density at radius 2 is 2.14 bits per heavy atom. The summed E-state index contributed by atoms with van der Waals surface area (Å²) in [5.41, 5.74) is 1.24. The molecule has 2 aromatic rings. The van der Waals surface area contributed by atoms with E-state index < -0.39 is 0 Å². The van der Waals surface area contributed by atoms with Crippen LogP contribution in [0.15, 0.2) is 41.8 Å². The molecule has 1 aliphatic rings. The maximum atomic E-state index is 12.2. The summed E-state index contributed by atoms with van der Waals surface area (Å²) in [5, 5.41) is 5.78. The minimum absolute atomic E-state index is 0.0919. The molecule has 1 aromatic heterocycles. The van der Waals surface area contributed by atoms with Crippen LogP contribution >= 0.6 is 22.9 Å². The van der Waals surface area contributed by atoms with Crippen molar-refractivity contribution in [3.05, 3.63) is 57.2 Å². The van der Waals surface area contributed by atoms with Crippen molar-refractivity contribution in [2.24, 2.45) is 0 Å². The van der Waals surface area contributed by atoms with Gasteiger partial charge in [0.25, 0.3) is 0 Å². The van der Waals surface area contributed by atoms with E-state index >= 15 is 0 Å². The third-order valence-corrected chi connectivity index (χ3v) is 5.13. The minimum Gasteiger partial charge on any atom is -0.350 e. The summed E-state index contributed by atoms with van der Waals surface area (Å²) in [7, 11) is 0. The monoisotopic (exact) mass is 334 g/mol. The fourth-order valence-electron chi connectivity index (χ4n) is 2.92. The standard InChI is InChI=1S/C17H19ClN2OS/c18-14-7-5-13(6-8-14)16-4-1-9-20(16)12-17(21)19-11-15-3-2-10-22-15/h2-3,5-8,10,16H,1,4,9,11-12H2,(H,19,21). The van der Waals surface area contributed by atoms with Gasteiger partial charge in [-0.3, -0.25) is 9.69 Å². The number of halogens is 1. The Morgan fingerprint density at radius 3 is 2.86 bits per heavy atom. The lowest BCUT2D eigenvalue weighted by Crippen LogP contribution is -2.36. The lowest BCUT2D eigenvalue weighted by Gasteiger charge is -2.24. The van der Waals surface area contributed by atoms with Crippen LogP contribution in [0.25, 0.3) is 0 Å². The zero-order chi connectivity index (χ0) is 15.4. The van der Waals surface area contributed by atoms with Gasteiger partial charge in [-0.2, -0.15) is 0 Å². The molecule has 0 radical (unpaired) electrons. The number of nitrogens with zero attached hydrogens (tertiary/aromatic N) is 1. The van der Waals surface area contributed by atoms with E-state index in [1.165, 1.54) is 10.4 Å². The molecular weight excluding hydrogens is 316 g/mol. The normalized spacial score (nSPS) is 18.5. The van der Waals surface area contributed by atoms with E-state index in [1.807, 2.05) is 29.6 Å². The van der Waals surface area contributed by atoms with Crippen molar-refractivity contribution in [1.29, 1.82) is 0 Å². The Labute approximate surface area is 139 Å². The molecule has 1 atom stereocenters. The summed E-state index contributed by atoms with van der Waals surface area (Å²) < 4.78 is 0. The highest BCUT2D eigenvalue weighted by Crippen LogP contribution is 2.32. The van der Waals surface area contributed by atoms with Crippen LogP contribution in [0.3, 0.4) is 0 Å². The SMILES string of the molecule is O=C(CN1CCCC1c1ccc(Cl)cc1)NCc1cccs1. The molecule has 5 heteroatoms. The molecule has 1 fully saturated rings. The predicted octanol–water partition coefficient (Wildman–Crippen LogP) is 3.85. The molecule has 1 amide bonds. The highest BCUT2D eigenvalue weighted by atomic mass is 35.5. The summed E-state index contributed by atoms with van der Waals surface area (Å²) in [6.07, 6.45) is 2.23. The van der Waals surface area contributed by atoms with E-state index in [9.17, 15) is 4.79 Å². The molecule has 3 rings (SSSR count). The Balaban J connectivity index is 1.56. The number of carbonyl (C=O) groups is 1. The van der Waals surface area contributed by atoms with Crippen molar-refractivity contribution in [2.45, 2.75) is 25.4 Å². The van der Waals surface area contributed by atoms with Crippen LogP contribution in [0.1, 0.15) is 29.3 Å². The Hall–Kier alpha value is -1.36.